The third-order valence-corrected chi connectivity index (χ3v) is 3.93. The summed E-state index contributed by atoms with van der Waals surface area (Å²) in [6.45, 7) is 8.72. The molecule has 18 heavy (non-hydrogen) atoms. The van der Waals surface area contributed by atoms with Crippen LogP contribution in [0, 0.1) is 0 Å². The summed E-state index contributed by atoms with van der Waals surface area (Å²) < 4.78 is 11.7. The second-order valence-electron chi connectivity index (χ2n) is 5.63. The topological polar surface area (TPSA) is 22.4 Å². The van der Waals surface area contributed by atoms with Crippen molar-refractivity contribution >= 4 is 8.32 Å². The Morgan fingerprint density at radius 1 is 1.00 bits per heavy atom. The second kappa shape index (κ2) is 4.75. The Morgan fingerprint density at radius 2 is 1.67 bits per heavy atom. The van der Waals surface area contributed by atoms with E-state index < -0.39 is 13.9 Å². The summed E-state index contributed by atoms with van der Waals surface area (Å²) in [5.41, 5.74) is 1.79. The average molecular weight is 260 g/mol. The summed E-state index contributed by atoms with van der Waals surface area (Å²) in [5.74, 6) is 0. The molecule has 2 rings (SSSR count). The maximum absolute atomic E-state index is 6.43. The normalized spacial score (nSPS) is 15.3. The molecular weight excluding hydrogens is 240 g/mol. The Balaban J connectivity index is 2.47. The van der Waals surface area contributed by atoms with Crippen LogP contribution in [0.25, 0.3) is 0 Å². The molecule has 0 bridgehead atoms. The highest BCUT2D eigenvalue weighted by Gasteiger charge is 2.35. The maximum Gasteiger partial charge on any atom is 0.185 e. The molecule has 0 saturated carbocycles. The summed E-state index contributed by atoms with van der Waals surface area (Å²) in [6, 6.07) is 12.3. The van der Waals surface area contributed by atoms with Crippen LogP contribution in [-0.4, -0.2) is 8.32 Å². The molecule has 0 saturated heterocycles. The van der Waals surface area contributed by atoms with Crippen LogP contribution in [0.2, 0.25) is 19.6 Å². The van der Waals surface area contributed by atoms with Gasteiger partial charge in [0.25, 0.3) is 0 Å². The third-order valence-electron chi connectivity index (χ3n) is 2.91. The fourth-order valence-corrected chi connectivity index (χ4v) is 3.65. The van der Waals surface area contributed by atoms with Gasteiger partial charge in [0.2, 0.25) is 0 Å². The van der Waals surface area contributed by atoms with Crippen LogP contribution in [0.5, 0.6) is 0 Å². The molecule has 0 aliphatic heterocycles. The van der Waals surface area contributed by atoms with Gasteiger partial charge >= 0.3 is 0 Å². The smallest absolute Gasteiger partial charge is 0.185 e. The van der Waals surface area contributed by atoms with E-state index in [1.54, 1.807) is 12.5 Å². The van der Waals surface area contributed by atoms with Gasteiger partial charge in [-0.25, -0.2) is 0 Å². The molecule has 1 atom stereocenters. The van der Waals surface area contributed by atoms with Crippen LogP contribution in [-0.2, 0) is 10.0 Å². The Bertz CT molecular complexity index is 485. The van der Waals surface area contributed by atoms with Crippen LogP contribution < -0.4 is 0 Å². The first kappa shape index (κ1) is 13.1. The van der Waals surface area contributed by atoms with E-state index in [9.17, 15) is 0 Å². The molecule has 1 heterocycles. The van der Waals surface area contributed by atoms with Crippen LogP contribution in [0.15, 0.2) is 53.3 Å². The zero-order valence-corrected chi connectivity index (χ0v) is 12.4. The molecule has 3 heteroatoms. The van der Waals surface area contributed by atoms with Crippen molar-refractivity contribution in [1.29, 1.82) is 0 Å². The lowest BCUT2D eigenvalue weighted by Gasteiger charge is -2.36. The van der Waals surface area contributed by atoms with E-state index >= 15 is 0 Å². The molecule has 0 amide bonds. The fourth-order valence-electron chi connectivity index (χ4n) is 2.19. The Morgan fingerprint density at radius 3 is 2.17 bits per heavy atom. The highest BCUT2D eigenvalue weighted by atomic mass is 28.4. The molecule has 1 aromatic carbocycles. The van der Waals surface area contributed by atoms with Crippen molar-refractivity contribution in [3.05, 3.63) is 60.1 Å². The molecule has 0 spiro atoms. The number of hydrogen-bond donors (Lipinski definition) is 0. The first-order chi connectivity index (χ1) is 8.42. The van der Waals surface area contributed by atoms with Crippen molar-refractivity contribution < 1.29 is 8.84 Å². The first-order valence-electron chi connectivity index (χ1n) is 6.20. The molecule has 2 nitrogen and oxygen atoms in total. The lowest BCUT2D eigenvalue weighted by molar-refractivity contribution is 0.123. The number of rotatable bonds is 4. The van der Waals surface area contributed by atoms with E-state index in [0.717, 1.165) is 11.1 Å². The van der Waals surface area contributed by atoms with Gasteiger partial charge in [-0.05, 0) is 38.2 Å². The van der Waals surface area contributed by atoms with E-state index in [1.165, 1.54) is 0 Å². The van der Waals surface area contributed by atoms with Gasteiger partial charge in [-0.2, -0.15) is 0 Å². The monoisotopic (exact) mass is 260 g/mol. The Labute approximate surface area is 110 Å². The highest BCUT2D eigenvalue weighted by molar-refractivity contribution is 6.69. The van der Waals surface area contributed by atoms with Gasteiger partial charge in [0.15, 0.2) is 8.32 Å². The van der Waals surface area contributed by atoms with Crippen molar-refractivity contribution in [3.8, 4) is 0 Å². The summed E-state index contributed by atoms with van der Waals surface area (Å²) in [4.78, 5) is 0. The molecule has 0 aliphatic rings. The molecule has 0 fully saturated rings. The minimum atomic E-state index is -1.67. The Kier molecular flexibility index (Phi) is 3.46. The standard InChI is InChI=1S/C15H20O2Si/c1-15(17-18(2,3)4,14-10-11-16-12-14)13-8-6-5-7-9-13/h5-12H,1-4H3. The van der Waals surface area contributed by atoms with E-state index in [-0.39, 0.29) is 0 Å². The fraction of sp³-hybridized carbons (Fsp3) is 0.333. The van der Waals surface area contributed by atoms with E-state index in [1.807, 2.05) is 24.3 Å². The summed E-state index contributed by atoms with van der Waals surface area (Å²) in [5, 5.41) is 0. The van der Waals surface area contributed by atoms with Crippen molar-refractivity contribution in [2.75, 3.05) is 0 Å². The lowest BCUT2D eigenvalue weighted by Crippen LogP contribution is -2.39. The van der Waals surface area contributed by atoms with E-state index in [2.05, 4.69) is 38.7 Å². The summed E-state index contributed by atoms with van der Waals surface area (Å²) in [6.07, 6.45) is 3.47. The molecule has 96 valence electrons. The largest absolute Gasteiger partial charge is 0.472 e. The third kappa shape index (κ3) is 2.74. The molecule has 1 aromatic heterocycles. The SMILES string of the molecule is CC(O[Si](C)(C)C)(c1ccccc1)c1ccoc1. The zero-order chi connectivity index (χ0) is 13.2. The predicted octanol–water partition coefficient (Wildman–Crippen LogP) is 4.39. The van der Waals surface area contributed by atoms with Crippen LogP contribution in [0.3, 0.4) is 0 Å². The molecule has 0 radical (unpaired) electrons. The molecule has 0 N–H and O–H groups in total. The second-order valence-corrected chi connectivity index (χ2v) is 10.1. The molecule has 1 unspecified atom stereocenters. The average Bonchev–Trinajstić information content (AvgIpc) is 2.82. The number of furan rings is 1. The molecule has 0 aliphatic carbocycles. The maximum atomic E-state index is 6.43. The minimum Gasteiger partial charge on any atom is -0.472 e. The van der Waals surface area contributed by atoms with Crippen molar-refractivity contribution in [1.82, 2.24) is 0 Å². The highest BCUT2D eigenvalue weighted by Crippen LogP contribution is 2.36. The number of hydrogen-bond acceptors (Lipinski definition) is 2. The van der Waals surface area contributed by atoms with Crippen molar-refractivity contribution in [2.24, 2.45) is 0 Å². The van der Waals surface area contributed by atoms with Gasteiger partial charge in [0, 0.05) is 5.56 Å². The van der Waals surface area contributed by atoms with Crippen LogP contribution in [0.4, 0.5) is 0 Å². The van der Waals surface area contributed by atoms with Crippen LogP contribution >= 0.6 is 0 Å². The van der Waals surface area contributed by atoms with Crippen LogP contribution in [0.1, 0.15) is 18.1 Å². The molecule has 2 aromatic rings. The summed E-state index contributed by atoms with van der Waals surface area (Å²) >= 11 is 0. The minimum absolute atomic E-state index is 0.432. The van der Waals surface area contributed by atoms with Gasteiger partial charge in [0.05, 0.1) is 12.5 Å². The quantitative estimate of drug-likeness (QED) is 0.760. The van der Waals surface area contributed by atoms with Crippen molar-refractivity contribution in [3.63, 3.8) is 0 Å². The van der Waals surface area contributed by atoms with Gasteiger partial charge in [-0.15, -0.1) is 0 Å². The number of benzene rings is 1. The van der Waals surface area contributed by atoms with Gasteiger partial charge in [-0.3, -0.25) is 0 Å². The first-order valence-corrected chi connectivity index (χ1v) is 9.61. The lowest BCUT2D eigenvalue weighted by atomic mass is 9.90. The zero-order valence-electron chi connectivity index (χ0n) is 11.4. The predicted molar refractivity (Wildman–Crippen MR) is 76.0 cm³/mol. The Hall–Kier alpha value is -1.32. The van der Waals surface area contributed by atoms with Gasteiger partial charge < -0.3 is 8.84 Å². The van der Waals surface area contributed by atoms with Crippen molar-refractivity contribution in [2.45, 2.75) is 32.2 Å². The van der Waals surface area contributed by atoms with E-state index in [0.29, 0.717) is 0 Å². The van der Waals surface area contributed by atoms with Gasteiger partial charge in [0.1, 0.15) is 5.60 Å². The summed E-state index contributed by atoms with van der Waals surface area (Å²) in [7, 11) is -1.67. The van der Waals surface area contributed by atoms with E-state index in [4.69, 9.17) is 8.84 Å². The molecular formula is C15H20O2Si. The van der Waals surface area contributed by atoms with Gasteiger partial charge in [-0.1, -0.05) is 30.3 Å².